The second-order valence-electron chi connectivity index (χ2n) is 10.4. The Hall–Kier alpha value is -2.86. The minimum atomic E-state index is 0.0935. The van der Waals surface area contributed by atoms with Crippen LogP contribution in [0.25, 0.3) is 11.0 Å². The molecule has 3 heterocycles. The Morgan fingerprint density at radius 3 is 2.46 bits per heavy atom. The van der Waals surface area contributed by atoms with Crippen molar-refractivity contribution in [3.8, 4) is 0 Å². The van der Waals surface area contributed by atoms with Crippen molar-refractivity contribution in [1.29, 1.82) is 0 Å². The summed E-state index contributed by atoms with van der Waals surface area (Å²) in [5.74, 6) is 1.54. The molecule has 0 N–H and O–H groups in total. The minimum Gasteiger partial charge on any atom is -0.368 e. The predicted octanol–water partition coefficient (Wildman–Crippen LogP) is 4.74. The number of carbonyl (C=O) groups excluding carboxylic acids is 1. The van der Waals surface area contributed by atoms with Crippen molar-refractivity contribution in [2.75, 3.05) is 44.2 Å². The van der Waals surface area contributed by atoms with E-state index in [1.54, 1.807) is 0 Å². The number of piperidine rings is 1. The third kappa shape index (κ3) is 5.08. The number of benzene rings is 2. The highest BCUT2D eigenvalue weighted by Gasteiger charge is 2.31. The Labute approximate surface area is 209 Å². The third-order valence-electron chi connectivity index (χ3n) is 7.71. The lowest BCUT2D eigenvalue weighted by Gasteiger charge is -2.39. The molecule has 0 spiro atoms. The zero-order valence-corrected chi connectivity index (χ0v) is 21.5. The Balaban J connectivity index is 1.20. The van der Waals surface area contributed by atoms with Gasteiger partial charge in [0.1, 0.15) is 5.82 Å². The number of amides is 1. The van der Waals surface area contributed by atoms with Gasteiger partial charge in [-0.05, 0) is 69.5 Å². The molecular formula is C29H39N5O. The van der Waals surface area contributed by atoms with E-state index in [1.807, 2.05) is 0 Å². The molecule has 2 aromatic carbocycles. The average Bonchev–Trinajstić information content (AvgIpc) is 3.26. The van der Waals surface area contributed by atoms with Crippen LogP contribution in [0.15, 0.2) is 48.5 Å². The summed E-state index contributed by atoms with van der Waals surface area (Å²) in [6, 6.07) is 17.6. The molecule has 1 atom stereocenters. The fraction of sp³-hybridized carbons (Fsp3) is 0.517. The number of hydrogen-bond donors (Lipinski definition) is 0. The van der Waals surface area contributed by atoms with Crippen molar-refractivity contribution in [3.63, 3.8) is 0 Å². The summed E-state index contributed by atoms with van der Waals surface area (Å²) in [6.07, 6.45) is 3.13. The van der Waals surface area contributed by atoms with Crippen molar-refractivity contribution in [2.45, 2.75) is 52.6 Å². The molecule has 186 valence electrons. The molecule has 35 heavy (non-hydrogen) atoms. The van der Waals surface area contributed by atoms with Crippen molar-refractivity contribution in [2.24, 2.45) is 5.92 Å². The summed E-state index contributed by atoms with van der Waals surface area (Å²) in [6.45, 7) is 12.7. The van der Waals surface area contributed by atoms with E-state index in [2.05, 4.69) is 88.6 Å². The van der Waals surface area contributed by atoms with Crippen LogP contribution in [0.4, 0.5) is 5.69 Å². The van der Waals surface area contributed by atoms with E-state index in [0.29, 0.717) is 11.9 Å². The van der Waals surface area contributed by atoms with E-state index in [4.69, 9.17) is 4.98 Å². The molecule has 0 saturated carbocycles. The number of aromatic nitrogens is 2. The first-order valence-corrected chi connectivity index (χ1v) is 13.3. The average molecular weight is 474 g/mol. The highest BCUT2D eigenvalue weighted by Crippen LogP contribution is 2.26. The summed E-state index contributed by atoms with van der Waals surface area (Å²) in [4.78, 5) is 25.4. The standard InChI is InChI=1S/C29H39N5O/c1-4-23-11-13-25(14-12-23)32-16-18-33(19-17-32)29(35)24-8-7-15-31(20-24)21-28-30-26-9-5-6-10-27(26)34(28)22(2)3/h5-6,9-14,22,24H,4,7-8,15-21H2,1-3H3/t24-/m0/s1. The van der Waals surface area contributed by atoms with Gasteiger partial charge in [0.2, 0.25) is 5.91 Å². The van der Waals surface area contributed by atoms with Gasteiger partial charge in [-0.15, -0.1) is 0 Å². The molecule has 0 radical (unpaired) electrons. The maximum Gasteiger partial charge on any atom is 0.227 e. The van der Waals surface area contributed by atoms with Gasteiger partial charge in [0, 0.05) is 44.5 Å². The van der Waals surface area contributed by atoms with Crippen LogP contribution < -0.4 is 4.90 Å². The van der Waals surface area contributed by atoms with Crippen LogP contribution in [0.2, 0.25) is 0 Å². The number of carbonyl (C=O) groups is 1. The summed E-state index contributed by atoms with van der Waals surface area (Å²) in [7, 11) is 0. The second-order valence-corrected chi connectivity index (χ2v) is 10.4. The molecule has 6 heteroatoms. The van der Waals surface area contributed by atoms with Crippen molar-refractivity contribution >= 4 is 22.6 Å². The number of rotatable bonds is 6. The SMILES string of the molecule is CCc1ccc(N2CCN(C(=O)[C@H]3CCCN(Cc4nc5ccccc5n4C(C)C)C3)CC2)cc1. The number of likely N-dealkylation sites (tertiary alicyclic amines) is 1. The van der Waals surface area contributed by atoms with Gasteiger partial charge in [-0.3, -0.25) is 9.69 Å². The zero-order chi connectivity index (χ0) is 24.4. The molecule has 5 rings (SSSR count). The van der Waals surface area contributed by atoms with Gasteiger partial charge in [-0.25, -0.2) is 4.98 Å². The lowest BCUT2D eigenvalue weighted by Crippen LogP contribution is -2.52. The second kappa shape index (κ2) is 10.4. The van der Waals surface area contributed by atoms with Crippen LogP contribution in [-0.2, 0) is 17.8 Å². The Morgan fingerprint density at radius 1 is 1.00 bits per heavy atom. The van der Waals surface area contributed by atoms with Crippen LogP contribution in [0.1, 0.15) is 51.0 Å². The Kier molecular flexibility index (Phi) is 7.09. The van der Waals surface area contributed by atoms with Gasteiger partial charge in [0.05, 0.1) is 23.5 Å². The quantitative estimate of drug-likeness (QED) is 0.519. The lowest BCUT2D eigenvalue weighted by atomic mass is 9.96. The number of piperazine rings is 1. The van der Waals surface area contributed by atoms with Gasteiger partial charge in [0.25, 0.3) is 0 Å². The van der Waals surface area contributed by atoms with E-state index in [1.165, 1.54) is 16.8 Å². The molecule has 0 unspecified atom stereocenters. The molecule has 2 fully saturated rings. The van der Waals surface area contributed by atoms with Crippen molar-refractivity contribution in [3.05, 3.63) is 59.9 Å². The van der Waals surface area contributed by atoms with Crippen LogP contribution in [-0.4, -0.2) is 64.5 Å². The van der Waals surface area contributed by atoms with Crippen LogP contribution in [0.3, 0.4) is 0 Å². The van der Waals surface area contributed by atoms with Crippen molar-refractivity contribution < 1.29 is 4.79 Å². The van der Waals surface area contributed by atoms with Crippen LogP contribution in [0.5, 0.6) is 0 Å². The van der Waals surface area contributed by atoms with Gasteiger partial charge in [-0.1, -0.05) is 31.2 Å². The normalized spacial score (nSPS) is 19.6. The first-order valence-electron chi connectivity index (χ1n) is 13.3. The molecule has 0 aliphatic carbocycles. The number of hydrogen-bond acceptors (Lipinski definition) is 4. The predicted molar refractivity (Wildman–Crippen MR) is 143 cm³/mol. The Morgan fingerprint density at radius 2 is 1.74 bits per heavy atom. The number of nitrogens with zero attached hydrogens (tertiary/aromatic N) is 5. The molecule has 1 aromatic heterocycles. The number of para-hydroxylation sites is 2. The Bertz CT molecular complexity index is 1140. The third-order valence-corrected chi connectivity index (χ3v) is 7.71. The summed E-state index contributed by atoms with van der Waals surface area (Å²) < 4.78 is 2.35. The van der Waals surface area contributed by atoms with Gasteiger partial charge < -0.3 is 14.4 Å². The molecular weight excluding hydrogens is 434 g/mol. The number of fused-ring (bicyclic) bond motifs is 1. The molecule has 2 aliphatic heterocycles. The monoisotopic (exact) mass is 473 g/mol. The van der Waals surface area contributed by atoms with E-state index >= 15 is 0 Å². The van der Waals surface area contributed by atoms with Gasteiger partial charge in [0.15, 0.2) is 0 Å². The lowest BCUT2D eigenvalue weighted by molar-refractivity contribution is -0.137. The number of aryl methyl sites for hydroxylation is 1. The molecule has 3 aromatic rings. The fourth-order valence-corrected chi connectivity index (χ4v) is 5.77. The highest BCUT2D eigenvalue weighted by atomic mass is 16.2. The van der Waals surface area contributed by atoms with Crippen LogP contribution in [0, 0.1) is 5.92 Å². The highest BCUT2D eigenvalue weighted by molar-refractivity contribution is 5.79. The molecule has 6 nitrogen and oxygen atoms in total. The first-order chi connectivity index (χ1) is 17.0. The van der Waals surface area contributed by atoms with Gasteiger partial charge in [-0.2, -0.15) is 0 Å². The smallest absolute Gasteiger partial charge is 0.227 e. The molecule has 0 bridgehead atoms. The minimum absolute atomic E-state index is 0.0935. The molecule has 2 aliphatic rings. The number of imidazole rings is 1. The fourth-order valence-electron chi connectivity index (χ4n) is 5.77. The molecule has 1 amide bonds. The summed E-state index contributed by atoms with van der Waals surface area (Å²) in [5.41, 5.74) is 4.90. The maximum atomic E-state index is 13.5. The van der Waals surface area contributed by atoms with Crippen LogP contribution >= 0.6 is 0 Å². The maximum absolute atomic E-state index is 13.5. The molecule has 2 saturated heterocycles. The van der Waals surface area contributed by atoms with E-state index < -0.39 is 0 Å². The summed E-state index contributed by atoms with van der Waals surface area (Å²) >= 11 is 0. The van der Waals surface area contributed by atoms with Crippen molar-refractivity contribution in [1.82, 2.24) is 19.4 Å². The zero-order valence-electron chi connectivity index (χ0n) is 21.5. The van der Waals surface area contributed by atoms with E-state index in [-0.39, 0.29) is 5.92 Å². The topological polar surface area (TPSA) is 44.6 Å². The first kappa shape index (κ1) is 23.9. The van der Waals surface area contributed by atoms with E-state index in [0.717, 1.165) is 76.4 Å². The number of anilines is 1. The summed E-state index contributed by atoms with van der Waals surface area (Å²) in [5, 5.41) is 0. The van der Waals surface area contributed by atoms with E-state index in [9.17, 15) is 4.79 Å². The largest absolute Gasteiger partial charge is 0.368 e. The van der Waals surface area contributed by atoms with Gasteiger partial charge >= 0.3 is 0 Å².